The molecule has 1 rings (SSSR count). The molecule has 0 fully saturated rings. The zero-order valence-corrected chi connectivity index (χ0v) is 9.91. The van der Waals surface area contributed by atoms with Gasteiger partial charge in [-0.25, -0.2) is 0 Å². The second kappa shape index (κ2) is 5.37. The molecule has 4 heteroatoms. The summed E-state index contributed by atoms with van der Waals surface area (Å²) in [6, 6.07) is 3.86. The van der Waals surface area contributed by atoms with Crippen molar-refractivity contribution in [2.45, 2.75) is 26.3 Å². The summed E-state index contributed by atoms with van der Waals surface area (Å²) in [5.41, 5.74) is 0. The fourth-order valence-corrected chi connectivity index (χ4v) is 2.13. The highest BCUT2D eigenvalue weighted by atomic mass is 35.5. The van der Waals surface area contributed by atoms with Crippen LogP contribution >= 0.6 is 22.9 Å². The molecular weight excluding hydrogens is 218 g/mol. The number of carbonyl (C=O) groups excluding carboxylic acids is 1. The Kier molecular flexibility index (Phi) is 4.42. The third kappa shape index (κ3) is 3.00. The van der Waals surface area contributed by atoms with Crippen molar-refractivity contribution in [2.24, 2.45) is 0 Å². The van der Waals surface area contributed by atoms with E-state index < -0.39 is 0 Å². The molecule has 1 amide bonds. The first-order chi connectivity index (χ1) is 6.67. The molecule has 1 unspecified atom stereocenters. The molecule has 78 valence electrons. The van der Waals surface area contributed by atoms with E-state index >= 15 is 0 Å². The van der Waals surface area contributed by atoms with Crippen molar-refractivity contribution in [1.82, 2.24) is 5.32 Å². The highest BCUT2D eigenvalue weighted by Gasteiger charge is 2.12. The molecule has 1 aromatic rings. The van der Waals surface area contributed by atoms with Gasteiger partial charge in [0, 0.05) is 16.8 Å². The first kappa shape index (κ1) is 11.5. The van der Waals surface area contributed by atoms with Gasteiger partial charge in [-0.3, -0.25) is 4.79 Å². The first-order valence-electron chi connectivity index (χ1n) is 4.60. The maximum absolute atomic E-state index is 11.6. The van der Waals surface area contributed by atoms with Crippen molar-refractivity contribution in [2.75, 3.05) is 5.88 Å². The van der Waals surface area contributed by atoms with Gasteiger partial charge in [0.1, 0.15) is 0 Å². The number of aryl methyl sites for hydroxylation is 1. The zero-order chi connectivity index (χ0) is 10.6. The van der Waals surface area contributed by atoms with Gasteiger partial charge in [-0.1, -0.05) is 6.92 Å². The van der Waals surface area contributed by atoms with E-state index in [9.17, 15) is 4.79 Å². The summed E-state index contributed by atoms with van der Waals surface area (Å²) in [5, 5.41) is 2.89. The van der Waals surface area contributed by atoms with Crippen LogP contribution in [0.1, 0.15) is 27.9 Å². The average Bonchev–Trinajstić information content (AvgIpc) is 2.61. The van der Waals surface area contributed by atoms with Crippen LogP contribution in [-0.4, -0.2) is 17.8 Å². The second-order valence-electron chi connectivity index (χ2n) is 3.14. The minimum absolute atomic E-state index is 0.0180. The van der Waals surface area contributed by atoms with E-state index in [1.165, 1.54) is 11.3 Å². The number of hydrogen-bond acceptors (Lipinski definition) is 2. The normalized spacial score (nSPS) is 12.5. The highest BCUT2D eigenvalue weighted by molar-refractivity contribution is 7.13. The summed E-state index contributed by atoms with van der Waals surface area (Å²) in [6.07, 6.45) is 0.861. The molecule has 0 saturated carbocycles. The highest BCUT2D eigenvalue weighted by Crippen LogP contribution is 2.15. The van der Waals surface area contributed by atoms with Gasteiger partial charge in [0.05, 0.1) is 4.88 Å². The number of alkyl halides is 1. The van der Waals surface area contributed by atoms with Crippen LogP contribution in [0.2, 0.25) is 0 Å². The lowest BCUT2D eigenvalue weighted by Crippen LogP contribution is -2.35. The van der Waals surface area contributed by atoms with Crippen molar-refractivity contribution in [3.63, 3.8) is 0 Å². The molecule has 0 spiro atoms. The van der Waals surface area contributed by atoms with Crippen molar-refractivity contribution in [3.8, 4) is 0 Å². The number of nitrogens with one attached hydrogen (secondary N) is 1. The predicted molar refractivity (Wildman–Crippen MR) is 61.3 cm³/mol. The largest absolute Gasteiger partial charge is 0.347 e. The summed E-state index contributed by atoms with van der Waals surface area (Å²) < 4.78 is 0. The Morgan fingerprint density at radius 1 is 1.64 bits per heavy atom. The number of amides is 1. The Morgan fingerprint density at radius 2 is 2.36 bits per heavy atom. The van der Waals surface area contributed by atoms with Gasteiger partial charge in [-0.2, -0.15) is 0 Å². The Bertz CT molecular complexity index is 307. The quantitative estimate of drug-likeness (QED) is 0.794. The van der Waals surface area contributed by atoms with Gasteiger partial charge < -0.3 is 5.32 Å². The molecule has 0 bridgehead atoms. The van der Waals surface area contributed by atoms with Crippen LogP contribution in [-0.2, 0) is 0 Å². The number of halogens is 1. The summed E-state index contributed by atoms with van der Waals surface area (Å²) in [5.74, 6) is 0.447. The average molecular weight is 232 g/mol. The number of rotatable bonds is 4. The van der Waals surface area contributed by atoms with Gasteiger partial charge in [0.15, 0.2) is 0 Å². The summed E-state index contributed by atoms with van der Waals surface area (Å²) in [6.45, 7) is 3.99. The van der Waals surface area contributed by atoms with Crippen LogP contribution in [0, 0.1) is 6.92 Å². The van der Waals surface area contributed by atoms with Gasteiger partial charge in [0.25, 0.3) is 5.91 Å². The van der Waals surface area contributed by atoms with Crippen molar-refractivity contribution in [3.05, 3.63) is 21.9 Å². The number of hydrogen-bond donors (Lipinski definition) is 1. The molecular formula is C10H14ClNOS. The lowest BCUT2D eigenvalue weighted by molar-refractivity contribution is 0.0944. The second-order valence-corrected chi connectivity index (χ2v) is 4.74. The SMILES string of the molecule is CCC(CCl)NC(=O)c1ccc(C)s1. The molecule has 1 aromatic heterocycles. The van der Waals surface area contributed by atoms with Gasteiger partial charge in [-0.15, -0.1) is 22.9 Å². The molecule has 0 radical (unpaired) electrons. The maximum atomic E-state index is 11.6. The molecule has 14 heavy (non-hydrogen) atoms. The molecule has 0 aromatic carbocycles. The number of thiophene rings is 1. The fraction of sp³-hybridized carbons (Fsp3) is 0.500. The Labute approximate surface area is 93.3 Å². The van der Waals surface area contributed by atoms with E-state index in [-0.39, 0.29) is 11.9 Å². The Balaban J connectivity index is 2.58. The standard InChI is InChI=1S/C10H14ClNOS/c1-3-8(6-11)12-10(13)9-5-4-7(2)14-9/h4-5,8H,3,6H2,1-2H3,(H,12,13). The Hall–Kier alpha value is -0.540. The summed E-state index contributed by atoms with van der Waals surface area (Å²) >= 11 is 7.20. The smallest absolute Gasteiger partial charge is 0.261 e. The van der Waals surface area contributed by atoms with E-state index in [4.69, 9.17) is 11.6 Å². The Morgan fingerprint density at radius 3 is 2.79 bits per heavy atom. The lowest BCUT2D eigenvalue weighted by Gasteiger charge is -2.12. The third-order valence-corrected chi connectivity index (χ3v) is 3.35. The van der Waals surface area contributed by atoms with Crippen molar-refractivity contribution in [1.29, 1.82) is 0 Å². The molecule has 2 nitrogen and oxygen atoms in total. The topological polar surface area (TPSA) is 29.1 Å². The molecule has 0 saturated heterocycles. The monoisotopic (exact) mass is 231 g/mol. The fourth-order valence-electron chi connectivity index (χ4n) is 1.06. The van der Waals surface area contributed by atoms with Gasteiger partial charge >= 0.3 is 0 Å². The van der Waals surface area contributed by atoms with E-state index in [0.29, 0.717) is 5.88 Å². The summed E-state index contributed by atoms with van der Waals surface area (Å²) in [4.78, 5) is 13.5. The van der Waals surface area contributed by atoms with Crippen LogP contribution in [0.25, 0.3) is 0 Å². The van der Waals surface area contributed by atoms with E-state index in [1.807, 2.05) is 26.0 Å². The van der Waals surface area contributed by atoms with Gasteiger partial charge in [-0.05, 0) is 25.5 Å². The van der Waals surface area contributed by atoms with E-state index in [2.05, 4.69) is 5.32 Å². The molecule has 0 aliphatic rings. The van der Waals surface area contributed by atoms with Crippen molar-refractivity contribution >= 4 is 28.8 Å². The molecule has 1 N–H and O–H groups in total. The minimum atomic E-state index is -0.0180. The molecule has 0 aliphatic carbocycles. The maximum Gasteiger partial charge on any atom is 0.261 e. The van der Waals surface area contributed by atoms with E-state index in [0.717, 1.165) is 16.2 Å². The third-order valence-electron chi connectivity index (χ3n) is 1.98. The predicted octanol–water partition coefficient (Wildman–Crippen LogP) is 2.80. The van der Waals surface area contributed by atoms with Crippen LogP contribution in [0.4, 0.5) is 0 Å². The molecule has 1 atom stereocenters. The minimum Gasteiger partial charge on any atom is -0.347 e. The van der Waals surface area contributed by atoms with Gasteiger partial charge in [0.2, 0.25) is 0 Å². The van der Waals surface area contributed by atoms with Crippen LogP contribution in [0.3, 0.4) is 0 Å². The molecule has 1 heterocycles. The van der Waals surface area contributed by atoms with Crippen molar-refractivity contribution < 1.29 is 4.79 Å². The molecule has 0 aliphatic heterocycles. The lowest BCUT2D eigenvalue weighted by atomic mass is 10.2. The summed E-state index contributed by atoms with van der Waals surface area (Å²) in [7, 11) is 0. The number of carbonyl (C=O) groups is 1. The first-order valence-corrected chi connectivity index (χ1v) is 5.95. The van der Waals surface area contributed by atoms with E-state index in [1.54, 1.807) is 0 Å². The van der Waals surface area contributed by atoms with Crippen LogP contribution in [0.5, 0.6) is 0 Å². The van der Waals surface area contributed by atoms with Crippen LogP contribution in [0.15, 0.2) is 12.1 Å². The zero-order valence-electron chi connectivity index (χ0n) is 8.34. The van der Waals surface area contributed by atoms with Crippen LogP contribution < -0.4 is 5.32 Å².